The van der Waals surface area contributed by atoms with E-state index in [1.165, 1.54) is 0 Å². The number of likely N-dealkylation sites (N-methyl/N-ethyl adjacent to an activating group) is 2. The van der Waals surface area contributed by atoms with Gasteiger partial charge in [0, 0.05) is 13.6 Å². The van der Waals surface area contributed by atoms with E-state index in [-0.39, 0.29) is 5.91 Å². The fourth-order valence-electron chi connectivity index (χ4n) is 0.582. The maximum absolute atomic E-state index is 10.9. The van der Waals surface area contributed by atoms with E-state index in [1.54, 1.807) is 25.1 Å². The zero-order valence-electron chi connectivity index (χ0n) is 6.55. The van der Waals surface area contributed by atoms with Gasteiger partial charge < -0.3 is 10.2 Å². The van der Waals surface area contributed by atoms with Gasteiger partial charge in [-0.1, -0.05) is 6.08 Å². The molecule has 0 unspecified atom stereocenters. The van der Waals surface area contributed by atoms with Gasteiger partial charge in [-0.15, -0.1) is 6.58 Å². The third kappa shape index (κ3) is 3.25. The fraction of sp³-hybridized carbons (Fsp3) is 0.571. The van der Waals surface area contributed by atoms with Crippen LogP contribution in [0.25, 0.3) is 0 Å². The van der Waals surface area contributed by atoms with Gasteiger partial charge in [0.05, 0.1) is 6.54 Å². The van der Waals surface area contributed by atoms with E-state index in [9.17, 15) is 4.79 Å². The summed E-state index contributed by atoms with van der Waals surface area (Å²) >= 11 is 0. The summed E-state index contributed by atoms with van der Waals surface area (Å²) in [5, 5.41) is 2.78. The minimum absolute atomic E-state index is 0.0856. The van der Waals surface area contributed by atoms with Crippen molar-refractivity contribution < 1.29 is 4.79 Å². The van der Waals surface area contributed by atoms with Gasteiger partial charge in [-0.3, -0.25) is 4.79 Å². The van der Waals surface area contributed by atoms with Gasteiger partial charge in [-0.25, -0.2) is 0 Å². The normalized spacial score (nSPS) is 9.00. The predicted octanol–water partition coefficient (Wildman–Crippen LogP) is -0.150. The largest absolute Gasteiger partial charge is 0.341 e. The van der Waals surface area contributed by atoms with E-state index < -0.39 is 0 Å². The first-order valence-corrected chi connectivity index (χ1v) is 3.21. The number of rotatable bonds is 4. The minimum atomic E-state index is 0.0856. The Morgan fingerprint density at radius 1 is 1.80 bits per heavy atom. The Hall–Kier alpha value is -0.830. The molecule has 0 radical (unpaired) electrons. The van der Waals surface area contributed by atoms with E-state index in [1.807, 2.05) is 0 Å². The van der Waals surface area contributed by atoms with Crippen molar-refractivity contribution in [3.8, 4) is 0 Å². The van der Waals surface area contributed by atoms with Gasteiger partial charge in [0.2, 0.25) is 5.91 Å². The van der Waals surface area contributed by atoms with Crippen molar-refractivity contribution in [2.45, 2.75) is 0 Å². The van der Waals surface area contributed by atoms with Crippen LogP contribution in [-0.4, -0.2) is 38.0 Å². The van der Waals surface area contributed by atoms with Gasteiger partial charge >= 0.3 is 0 Å². The lowest BCUT2D eigenvalue weighted by Gasteiger charge is -2.13. The molecule has 0 aromatic rings. The molecule has 0 saturated heterocycles. The van der Waals surface area contributed by atoms with Crippen LogP contribution in [0, 0.1) is 0 Å². The molecule has 0 aliphatic rings. The number of hydrogen-bond acceptors (Lipinski definition) is 2. The maximum atomic E-state index is 10.9. The van der Waals surface area contributed by atoms with Crippen molar-refractivity contribution in [2.75, 3.05) is 27.2 Å². The molecule has 0 rings (SSSR count). The first-order chi connectivity index (χ1) is 4.72. The Kier molecular flexibility index (Phi) is 4.58. The molecule has 0 heterocycles. The number of carbonyl (C=O) groups excluding carboxylic acids is 1. The molecule has 58 valence electrons. The molecular weight excluding hydrogens is 128 g/mol. The summed E-state index contributed by atoms with van der Waals surface area (Å²) in [5.74, 6) is 0.0856. The van der Waals surface area contributed by atoms with Crippen molar-refractivity contribution in [2.24, 2.45) is 0 Å². The van der Waals surface area contributed by atoms with Crippen LogP contribution in [0.4, 0.5) is 0 Å². The standard InChI is InChI=1S/C7H14N2O/c1-4-5-9(3)7(10)6-8-2/h4,8H,1,5-6H2,2-3H3. The Bertz CT molecular complexity index is 123. The second-order valence-electron chi connectivity index (χ2n) is 2.09. The summed E-state index contributed by atoms with van der Waals surface area (Å²) in [6, 6.07) is 0. The molecule has 0 fully saturated rings. The van der Waals surface area contributed by atoms with Gasteiger partial charge in [0.1, 0.15) is 0 Å². The molecule has 0 aliphatic carbocycles. The molecule has 0 saturated carbocycles. The van der Waals surface area contributed by atoms with E-state index in [4.69, 9.17) is 0 Å². The van der Waals surface area contributed by atoms with Gasteiger partial charge in [0.25, 0.3) is 0 Å². The number of hydrogen-bond donors (Lipinski definition) is 1. The smallest absolute Gasteiger partial charge is 0.236 e. The molecule has 0 atom stereocenters. The van der Waals surface area contributed by atoms with Crippen LogP contribution < -0.4 is 5.32 Å². The maximum Gasteiger partial charge on any atom is 0.236 e. The molecule has 0 aromatic carbocycles. The highest BCUT2D eigenvalue weighted by molar-refractivity contribution is 5.78. The van der Waals surface area contributed by atoms with E-state index in [0.29, 0.717) is 13.1 Å². The van der Waals surface area contributed by atoms with Crippen molar-refractivity contribution >= 4 is 5.91 Å². The third-order valence-corrected chi connectivity index (χ3v) is 1.16. The van der Waals surface area contributed by atoms with Crippen molar-refractivity contribution in [1.82, 2.24) is 10.2 Å². The highest BCUT2D eigenvalue weighted by atomic mass is 16.2. The molecule has 0 bridgehead atoms. The Labute approximate surface area is 61.7 Å². The zero-order valence-corrected chi connectivity index (χ0v) is 6.55. The summed E-state index contributed by atoms with van der Waals surface area (Å²) in [6.45, 7) is 4.53. The summed E-state index contributed by atoms with van der Waals surface area (Å²) in [5.41, 5.74) is 0. The number of nitrogens with one attached hydrogen (secondary N) is 1. The Balaban J connectivity index is 3.58. The molecule has 3 nitrogen and oxygen atoms in total. The summed E-state index contributed by atoms with van der Waals surface area (Å²) in [7, 11) is 3.50. The Morgan fingerprint density at radius 3 is 2.80 bits per heavy atom. The molecule has 0 aliphatic heterocycles. The van der Waals surface area contributed by atoms with Crippen molar-refractivity contribution in [3.05, 3.63) is 12.7 Å². The molecule has 0 spiro atoms. The minimum Gasteiger partial charge on any atom is -0.341 e. The molecule has 1 N–H and O–H groups in total. The lowest BCUT2D eigenvalue weighted by molar-refractivity contribution is -0.128. The van der Waals surface area contributed by atoms with Crippen molar-refractivity contribution in [1.29, 1.82) is 0 Å². The number of carbonyl (C=O) groups is 1. The van der Waals surface area contributed by atoms with Crippen LogP contribution in [0.5, 0.6) is 0 Å². The number of nitrogens with zero attached hydrogens (tertiary/aromatic N) is 1. The van der Waals surface area contributed by atoms with E-state index >= 15 is 0 Å². The van der Waals surface area contributed by atoms with Crippen LogP contribution in [-0.2, 0) is 4.79 Å². The monoisotopic (exact) mass is 142 g/mol. The zero-order chi connectivity index (χ0) is 7.98. The van der Waals surface area contributed by atoms with Crippen LogP contribution in [0.15, 0.2) is 12.7 Å². The molecule has 0 aromatic heterocycles. The van der Waals surface area contributed by atoms with Crippen LogP contribution in [0.1, 0.15) is 0 Å². The molecular formula is C7H14N2O. The van der Waals surface area contributed by atoms with E-state index in [0.717, 1.165) is 0 Å². The van der Waals surface area contributed by atoms with Crippen molar-refractivity contribution in [3.63, 3.8) is 0 Å². The third-order valence-electron chi connectivity index (χ3n) is 1.16. The lowest BCUT2D eigenvalue weighted by Crippen LogP contribution is -2.34. The number of amides is 1. The summed E-state index contributed by atoms with van der Waals surface area (Å²) < 4.78 is 0. The topological polar surface area (TPSA) is 32.3 Å². The summed E-state index contributed by atoms with van der Waals surface area (Å²) in [6.07, 6.45) is 1.70. The second-order valence-corrected chi connectivity index (χ2v) is 2.09. The predicted molar refractivity (Wildman–Crippen MR) is 41.8 cm³/mol. The summed E-state index contributed by atoms with van der Waals surface area (Å²) in [4.78, 5) is 12.6. The Morgan fingerprint density at radius 2 is 2.40 bits per heavy atom. The quantitative estimate of drug-likeness (QED) is 0.554. The van der Waals surface area contributed by atoms with Gasteiger partial charge in [-0.2, -0.15) is 0 Å². The van der Waals surface area contributed by atoms with Crippen LogP contribution >= 0.6 is 0 Å². The highest BCUT2D eigenvalue weighted by Crippen LogP contribution is 1.82. The first-order valence-electron chi connectivity index (χ1n) is 3.21. The second kappa shape index (κ2) is 4.99. The van der Waals surface area contributed by atoms with Gasteiger partial charge in [0.15, 0.2) is 0 Å². The average Bonchev–Trinajstić information content (AvgIpc) is 1.89. The molecule has 10 heavy (non-hydrogen) atoms. The van der Waals surface area contributed by atoms with Crippen LogP contribution in [0.2, 0.25) is 0 Å². The highest BCUT2D eigenvalue weighted by Gasteiger charge is 2.03. The average molecular weight is 142 g/mol. The SMILES string of the molecule is C=CCN(C)C(=O)CNC. The van der Waals surface area contributed by atoms with Gasteiger partial charge in [-0.05, 0) is 7.05 Å². The van der Waals surface area contributed by atoms with E-state index in [2.05, 4.69) is 11.9 Å². The molecule has 3 heteroatoms. The fourth-order valence-corrected chi connectivity index (χ4v) is 0.582. The molecule has 1 amide bonds. The lowest BCUT2D eigenvalue weighted by atomic mass is 10.5. The van der Waals surface area contributed by atoms with Crippen LogP contribution in [0.3, 0.4) is 0 Å². The first kappa shape index (κ1) is 9.17.